The van der Waals surface area contributed by atoms with E-state index in [1.165, 1.54) is 0 Å². The van der Waals surface area contributed by atoms with Gasteiger partial charge in [-0.1, -0.05) is 32.0 Å². The highest BCUT2D eigenvalue weighted by molar-refractivity contribution is 5.92. The molecule has 0 aliphatic carbocycles. The molecule has 2 amide bonds. The lowest BCUT2D eigenvalue weighted by atomic mass is 10.1. The Labute approximate surface area is 133 Å². The van der Waals surface area contributed by atoms with Gasteiger partial charge in [0.2, 0.25) is 11.8 Å². The van der Waals surface area contributed by atoms with Crippen molar-refractivity contribution in [2.45, 2.75) is 59.9 Å². The largest absolute Gasteiger partial charge is 0.340 e. The molecule has 0 fully saturated rings. The fourth-order valence-corrected chi connectivity index (χ4v) is 2.53. The van der Waals surface area contributed by atoms with Gasteiger partial charge in [-0.25, -0.2) is 0 Å². The Kier molecular flexibility index (Phi) is 7.09. The van der Waals surface area contributed by atoms with Crippen LogP contribution >= 0.6 is 0 Å². The van der Waals surface area contributed by atoms with Crippen molar-refractivity contribution in [3.05, 3.63) is 29.3 Å². The fraction of sp³-hybridized carbons (Fsp3) is 0.556. The summed E-state index contributed by atoms with van der Waals surface area (Å²) in [6.07, 6.45) is 2.09. The number of benzene rings is 1. The summed E-state index contributed by atoms with van der Waals surface area (Å²) < 4.78 is 0. The van der Waals surface area contributed by atoms with Gasteiger partial charge in [-0.05, 0) is 37.8 Å². The predicted molar refractivity (Wildman–Crippen MR) is 90.9 cm³/mol. The van der Waals surface area contributed by atoms with Crippen LogP contribution in [0.3, 0.4) is 0 Å². The molecular weight excluding hydrogens is 276 g/mol. The second-order valence-corrected chi connectivity index (χ2v) is 5.73. The second kappa shape index (κ2) is 8.57. The zero-order valence-electron chi connectivity index (χ0n) is 14.4. The number of hydrogen-bond acceptors (Lipinski definition) is 2. The zero-order chi connectivity index (χ0) is 16.7. The van der Waals surface area contributed by atoms with Crippen LogP contribution in [0.25, 0.3) is 0 Å². The highest BCUT2D eigenvalue weighted by atomic mass is 16.2. The van der Waals surface area contributed by atoms with Gasteiger partial charge in [0.15, 0.2) is 0 Å². The van der Waals surface area contributed by atoms with Gasteiger partial charge < -0.3 is 10.2 Å². The van der Waals surface area contributed by atoms with E-state index in [1.54, 1.807) is 11.8 Å². The molecule has 0 spiro atoms. The first-order valence-electron chi connectivity index (χ1n) is 8.06. The SMILES string of the molecule is CCc1cccc(C)c1NC(=O)CCN(C(C)=O)C(C)CC. The van der Waals surface area contributed by atoms with Crippen LogP contribution in [0.1, 0.15) is 51.7 Å². The first-order chi connectivity index (χ1) is 10.4. The van der Waals surface area contributed by atoms with Gasteiger partial charge in [-0.3, -0.25) is 9.59 Å². The highest BCUT2D eigenvalue weighted by Gasteiger charge is 2.17. The highest BCUT2D eigenvalue weighted by Crippen LogP contribution is 2.21. The lowest BCUT2D eigenvalue weighted by Gasteiger charge is -2.27. The zero-order valence-corrected chi connectivity index (χ0v) is 14.4. The van der Waals surface area contributed by atoms with Crippen LogP contribution in [0, 0.1) is 6.92 Å². The Morgan fingerprint density at radius 1 is 1.27 bits per heavy atom. The van der Waals surface area contributed by atoms with Crippen molar-refractivity contribution in [3.63, 3.8) is 0 Å². The summed E-state index contributed by atoms with van der Waals surface area (Å²) in [5.74, 6) is -0.0224. The number of carbonyl (C=O) groups is 2. The number of nitrogens with one attached hydrogen (secondary N) is 1. The van der Waals surface area contributed by atoms with Gasteiger partial charge in [0.25, 0.3) is 0 Å². The van der Waals surface area contributed by atoms with Crippen LogP contribution in [0.4, 0.5) is 5.69 Å². The lowest BCUT2D eigenvalue weighted by Crippen LogP contribution is -2.38. The summed E-state index contributed by atoms with van der Waals surface area (Å²) in [6, 6.07) is 6.19. The Morgan fingerprint density at radius 2 is 1.95 bits per heavy atom. The van der Waals surface area contributed by atoms with E-state index in [4.69, 9.17) is 0 Å². The maximum atomic E-state index is 12.2. The summed E-state index contributed by atoms with van der Waals surface area (Å²) in [4.78, 5) is 25.6. The first kappa shape index (κ1) is 18.2. The van der Waals surface area contributed by atoms with E-state index < -0.39 is 0 Å². The number of anilines is 1. The van der Waals surface area contributed by atoms with Crippen LogP contribution < -0.4 is 5.32 Å². The molecule has 0 radical (unpaired) electrons. The number of para-hydroxylation sites is 1. The third kappa shape index (κ3) is 4.86. The van der Waals surface area contributed by atoms with Crippen molar-refractivity contribution in [1.82, 2.24) is 4.90 Å². The van der Waals surface area contributed by atoms with Crippen LogP contribution in [0.15, 0.2) is 18.2 Å². The number of hydrogen-bond donors (Lipinski definition) is 1. The summed E-state index contributed by atoms with van der Waals surface area (Å²) in [5, 5.41) is 3.00. The Bertz CT molecular complexity index is 526. The van der Waals surface area contributed by atoms with Crippen molar-refractivity contribution >= 4 is 17.5 Å². The maximum Gasteiger partial charge on any atom is 0.226 e. The van der Waals surface area contributed by atoms with Crippen LogP contribution in [-0.4, -0.2) is 29.3 Å². The van der Waals surface area contributed by atoms with Crippen molar-refractivity contribution in [2.75, 3.05) is 11.9 Å². The smallest absolute Gasteiger partial charge is 0.226 e. The Morgan fingerprint density at radius 3 is 2.50 bits per heavy atom. The van der Waals surface area contributed by atoms with Crippen LogP contribution in [0.2, 0.25) is 0 Å². The van der Waals surface area contributed by atoms with E-state index in [0.717, 1.165) is 29.7 Å². The van der Waals surface area contributed by atoms with Gasteiger partial charge in [-0.15, -0.1) is 0 Å². The fourth-order valence-electron chi connectivity index (χ4n) is 2.53. The molecule has 122 valence electrons. The molecule has 1 unspecified atom stereocenters. The van der Waals surface area contributed by atoms with Crippen molar-refractivity contribution in [1.29, 1.82) is 0 Å². The first-order valence-corrected chi connectivity index (χ1v) is 8.06. The van der Waals surface area contributed by atoms with E-state index >= 15 is 0 Å². The minimum absolute atomic E-state index is 0.0206. The molecule has 1 N–H and O–H groups in total. The molecule has 1 rings (SSSR count). The summed E-state index contributed by atoms with van der Waals surface area (Å²) >= 11 is 0. The molecule has 4 heteroatoms. The van der Waals surface area contributed by atoms with Gasteiger partial charge in [0.05, 0.1) is 0 Å². The standard InChI is InChI=1S/C18H28N2O2/c1-6-14(4)20(15(5)21)12-11-17(22)19-18-13(3)9-8-10-16(18)7-2/h8-10,14H,6-7,11-12H2,1-5H3,(H,19,22). The molecular formula is C18H28N2O2. The topological polar surface area (TPSA) is 49.4 Å². The van der Waals surface area contributed by atoms with Crippen LogP contribution in [-0.2, 0) is 16.0 Å². The molecule has 0 aliphatic rings. The molecule has 1 aromatic carbocycles. The minimum Gasteiger partial charge on any atom is -0.340 e. The molecule has 0 aromatic heterocycles. The number of amides is 2. The minimum atomic E-state index is -0.0430. The third-order valence-corrected chi connectivity index (χ3v) is 4.11. The Hall–Kier alpha value is -1.84. The molecule has 0 saturated carbocycles. The van der Waals surface area contributed by atoms with E-state index in [9.17, 15) is 9.59 Å². The molecule has 0 saturated heterocycles. The van der Waals surface area contributed by atoms with E-state index in [2.05, 4.69) is 12.2 Å². The van der Waals surface area contributed by atoms with Crippen molar-refractivity contribution in [3.8, 4) is 0 Å². The van der Waals surface area contributed by atoms with E-state index in [-0.39, 0.29) is 17.9 Å². The van der Waals surface area contributed by atoms with Crippen LogP contribution in [0.5, 0.6) is 0 Å². The van der Waals surface area contributed by atoms with Gasteiger partial charge in [0.1, 0.15) is 0 Å². The lowest BCUT2D eigenvalue weighted by molar-refractivity contribution is -0.131. The van der Waals surface area contributed by atoms with Gasteiger partial charge >= 0.3 is 0 Å². The normalized spacial score (nSPS) is 11.9. The van der Waals surface area contributed by atoms with Gasteiger partial charge in [-0.2, -0.15) is 0 Å². The van der Waals surface area contributed by atoms with E-state index in [1.807, 2.05) is 39.0 Å². The van der Waals surface area contributed by atoms with Crippen molar-refractivity contribution < 1.29 is 9.59 Å². The second-order valence-electron chi connectivity index (χ2n) is 5.73. The predicted octanol–water partition coefficient (Wildman–Crippen LogP) is 3.53. The molecule has 0 aliphatic heterocycles. The molecule has 1 aromatic rings. The maximum absolute atomic E-state index is 12.2. The third-order valence-electron chi connectivity index (χ3n) is 4.11. The number of aryl methyl sites for hydroxylation is 2. The average molecular weight is 304 g/mol. The molecule has 4 nitrogen and oxygen atoms in total. The molecule has 22 heavy (non-hydrogen) atoms. The molecule has 1 atom stereocenters. The molecule has 0 bridgehead atoms. The summed E-state index contributed by atoms with van der Waals surface area (Å²) in [6.45, 7) is 10.1. The van der Waals surface area contributed by atoms with E-state index in [0.29, 0.717) is 13.0 Å². The van der Waals surface area contributed by atoms with Crippen molar-refractivity contribution in [2.24, 2.45) is 0 Å². The Balaban J connectivity index is 2.69. The monoisotopic (exact) mass is 304 g/mol. The number of carbonyl (C=O) groups excluding carboxylic acids is 2. The molecule has 0 heterocycles. The number of rotatable bonds is 7. The van der Waals surface area contributed by atoms with Gasteiger partial charge in [0, 0.05) is 31.6 Å². The quantitative estimate of drug-likeness (QED) is 0.837. The summed E-state index contributed by atoms with van der Waals surface area (Å²) in [7, 11) is 0. The summed E-state index contributed by atoms with van der Waals surface area (Å²) in [5.41, 5.74) is 3.12. The average Bonchev–Trinajstić information content (AvgIpc) is 2.48. The number of nitrogens with zero attached hydrogens (tertiary/aromatic N) is 1.